The van der Waals surface area contributed by atoms with E-state index in [4.69, 9.17) is 16.3 Å². The smallest absolute Gasteiger partial charge is 0.251 e. The average molecular weight is 463 g/mol. The number of rotatable bonds is 6. The van der Waals surface area contributed by atoms with Gasteiger partial charge in [0.15, 0.2) is 0 Å². The van der Waals surface area contributed by atoms with Gasteiger partial charge in [0, 0.05) is 30.6 Å². The molecule has 3 atom stereocenters. The highest BCUT2D eigenvalue weighted by Crippen LogP contribution is 2.24. The second kappa shape index (κ2) is 9.72. The first-order valence-corrected chi connectivity index (χ1v) is 10.4. The fourth-order valence-electron chi connectivity index (χ4n) is 3.60. The Kier molecular flexibility index (Phi) is 6.78. The number of halogens is 3. The van der Waals surface area contributed by atoms with Crippen molar-refractivity contribution in [2.75, 3.05) is 25.1 Å². The average Bonchev–Trinajstić information content (AvgIpc) is 2.79. The fourth-order valence-corrected chi connectivity index (χ4v) is 3.72. The first-order chi connectivity index (χ1) is 15.5. The zero-order chi connectivity index (χ0) is 22.7. The second-order valence-electron chi connectivity index (χ2n) is 7.43. The van der Waals surface area contributed by atoms with E-state index < -0.39 is 36.2 Å². The number of pyridine rings is 1. The van der Waals surface area contributed by atoms with Crippen LogP contribution in [0.5, 0.6) is 0 Å². The van der Waals surface area contributed by atoms with E-state index in [0.717, 1.165) is 0 Å². The van der Waals surface area contributed by atoms with Crippen LogP contribution in [-0.2, 0) is 4.74 Å². The monoisotopic (exact) mass is 462 g/mol. The summed E-state index contributed by atoms with van der Waals surface area (Å²) in [5.41, 5.74) is 1.01. The van der Waals surface area contributed by atoms with Gasteiger partial charge in [-0.1, -0.05) is 17.7 Å². The maximum atomic E-state index is 14.0. The summed E-state index contributed by atoms with van der Waals surface area (Å²) in [5, 5.41) is 12.8. The number of alkyl halides is 1. The molecule has 0 aliphatic carbocycles. The van der Waals surface area contributed by atoms with Crippen LogP contribution in [0.3, 0.4) is 0 Å². The molecule has 1 aliphatic heterocycles. The summed E-state index contributed by atoms with van der Waals surface area (Å²) >= 11 is 5.73. The van der Waals surface area contributed by atoms with Crippen LogP contribution < -0.4 is 10.9 Å². The molecule has 1 aliphatic rings. The number of nitrogens with zero attached hydrogens (tertiary/aromatic N) is 3. The van der Waals surface area contributed by atoms with Crippen LogP contribution >= 0.6 is 11.6 Å². The molecule has 32 heavy (non-hydrogen) atoms. The molecular formula is C22H21ClF2N4O3. The standard InChI is InChI=1S/C22H21ClF2N4O3/c23-15-2-1-14(9-16(15)24)20(11-30)29-7-4-13(10-21(29)31)18-3-6-26-22(27-18)28-19-5-8-32-12-17(19)25/h1-4,6-7,9-10,17,19-20,30H,5,8,11-12H2,(H,26,27,28)/t17-,19-,20-/m1/s1. The van der Waals surface area contributed by atoms with Gasteiger partial charge in [-0.3, -0.25) is 4.79 Å². The molecule has 1 fully saturated rings. The van der Waals surface area contributed by atoms with Crippen LogP contribution in [0.1, 0.15) is 18.0 Å². The third kappa shape index (κ3) is 4.79. The molecular weight excluding hydrogens is 442 g/mol. The highest BCUT2D eigenvalue weighted by atomic mass is 35.5. The van der Waals surface area contributed by atoms with Crippen molar-refractivity contribution in [3.63, 3.8) is 0 Å². The van der Waals surface area contributed by atoms with Gasteiger partial charge in [0.05, 0.1) is 36.0 Å². The molecule has 2 aromatic heterocycles. The van der Waals surface area contributed by atoms with E-state index in [1.807, 2.05) is 0 Å². The zero-order valence-electron chi connectivity index (χ0n) is 16.9. The molecule has 3 heterocycles. The van der Waals surface area contributed by atoms with Crippen molar-refractivity contribution in [3.8, 4) is 11.3 Å². The molecule has 0 spiro atoms. The SMILES string of the molecule is O=c1cc(-c2ccnc(N[C@@H]3CCOC[C@H]3F)n2)ccn1[C@H](CO)c1ccc(Cl)c(F)c1. The summed E-state index contributed by atoms with van der Waals surface area (Å²) in [6, 6.07) is 7.58. The lowest BCUT2D eigenvalue weighted by atomic mass is 10.1. The van der Waals surface area contributed by atoms with Crippen molar-refractivity contribution in [2.45, 2.75) is 24.7 Å². The van der Waals surface area contributed by atoms with E-state index in [1.165, 1.54) is 35.2 Å². The molecule has 10 heteroatoms. The van der Waals surface area contributed by atoms with Gasteiger partial charge in [-0.25, -0.2) is 18.7 Å². The molecule has 0 unspecified atom stereocenters. The first kappa shape index (κ1) is 22.3. The van der Waals surface area contributed by atoms with E-state index in [1.54, 1.807) is 18.2 Å². The normalized spacial score (nSPS) is 19.5. The van der Waals surface area contributed by atoms with Gasteiger partial charge in [-0.15, -0.1) is 0 Å². The van der Waals surface area contributed by atoms with Crippen LogP contribution in [-0.4, -0.2) is 51.7 Å². The predicted octanol–water partition coefficient (Wildman–Crippen LogP) is 3.22. The van der Waals surface area contributed by atoms with Gasteiger partial charge < -0.3 is 19.7 Å². The number of aliphatic hydroxyl groups is 1. The van der Waals surface area contributed by atoms with Crippen LogP contribution in [0.2, 0.25) is 5.02 Å². The highest BCUT2D eigenvalue weighted by molar-refractivity contribution is 6.30. The van der Waals surface area contributed by atoms with Gasteiger partial charge >= 0.3 is 0 Å². The van der Waals surface area contributed by atoms with Crippen LogP contribution in [0, 0.1) is 5.82 Å². The second-order valence-corrected chi connectivity index (χ2v) is 7.84. The summed E-state index contributed by atoms with van der Waals surface area (Å²) in [6.07, 6.45) is 2.37. The molecule has 7 nitrogen and oxygen atoms in total. The molecule has 1 aromatic carbocycles. The maximum Gasteiger partial charge on any atom is 0.251 e. The number of nitrogens with one attached hydrogen (secondary N) is 1. The van der Waals surface area contributed by atoms with Crippen LogP contribution in [0.15, 0.2) is 53.6 Å². The molecule has 0 amide bonds. The Morgan fingerprint density at radius 2 is 2.16 bits per heavy atom. The van der Waals surface area contributed by atoms with E-state index >= 15 is 0 Å². The third-order valence-corrected chi connectivity index (χ3v) is 5.64. The van der Waals surface area contributed by atoms with Crippen LogP contribution in [0.25, 0.3) is 11.3 Å². The summed E-state index contributed by atoms with van der Waals surface area (Å²) < 4.78 is 34.3. The Balaban J connectivity index is 1.59. The minimum Gasteiger partial charge on any atom is -0.394 e. The van der Waals surface area contributed by atoms with Gasteiger partial charge in [-0.2, -0.15) is 0 Å². The molecule has 4 rings (SSSR count). The van der Waals surface area contributed by atoms with Crippen molar-refractivity contribution >= 4 is 17.5 Å². The van der Waals surface area contributed by atoms with Gasteiger partial charge in [0.25, 0.3) is 5.56 Å². The number of ether oxygens (including phenoxy) is 1. The van der Waals surface area contributed by atoms with Gasteiger partial charge in [0.2, 0.25) is 5.95 Å². The molecule has 0 saturated carbocycles. The van der Waals surface area contributed by atoms with Crippen molar-refractivity contribution in [1.82, 2.24) is 14.5 Å². The Morgan fingerprint density at radius 1 is 1.31 bits per heavy atom. The lowest BCUT2D eigenvalue weighted by molar-refractivity contribution is 0.0284. The quantitative estimate of drug-likeness (QED) is 0.584. The summed E-state index contributed by atoms with van der Waals surface area (Å²) in [7, 11) is 0. The Morgan fingerprint density at radius 3 is 2.88 bits per heavy atom. The largest absolute Gasteiger partial charge is 0.394 e. The molecule has 3 aromatic rings. The van der Waals surface area contributed by atoms with Crippen molar-refractivity contribution in [3.05, 3.63) is 75.5 Å². The Bertz CT molecular complexity index is 1160. The lowest BCUT2D eigenvalue weighted by Crippen LogP contribution is -2.39. The molecule has 168 valence electrons. The van der Waals surface area contributed by atoms with E-state index in [-0.39, 0.29) is 17.6 Å². The van der Waals surface area contributed by atoms with Gasteiger partial charge in [-0.05, 0) is 36.2 Å². The zero-order valence-corrected chi connectivity index (χ0v) is 17.7. The number of anilines is 1. The van der Waals surface area contributed by atoms with E-state index in [2.05, 4.69) is 15.3 Å². The Hall–Kier alpha value is -2.88. The number of aromatic nitrogens is 3. The molecule has 1 saturated heterocycles. The van der Waals surface area contributed by atoms with Gasteiger partial charge in [0.1, 0.15) is 12.0 Å². The summed E-state index contributed by atoms with van der Waals surface area (Å²) in [4.78, 5) is 21.3. The highest BCUT2D eigenvalue weighted by Gasteiger charge is 2.26. The third-order valence-electron chi connectivity index (χ3n) is 5.34. The fraction of sp³-hybridized carbons (Fsp3) is 0.318. The van der Waals surface area contributed by atoms with Crippen LogP contribution in [0.4, 0.5) is 14.7 Å². The molecule has 2 N–H and O–H groups in total. The molecule has 0 bridgehead atoms. The predicted molar refractivity (Wildman–Crippen MR) is 116 cm³/mol. The lowest BCUT2D eigenvalue weighted by Gasteiger charge is -2.26. The summed E-state index contributed by atoms with van der Waals surface area (Å²) in [5.74, 6) is -0.376. The minimum atomic E-state index is -1.16. The van der Waals surface area contributed by atoms with E-state index in [9.17, 15) is 18.7 Å². The Labute approximate surface area is 187 Å². The topological polar surface area (TPSA) is 89.3 Å². The van der Waals surface area contributed by atoms with Crippen molar-refractivity contribution in [1.29, 1.82) is 0 Å². The number of hydrogen-bond acceptors (Lipinski definition) is 6. The first-order valence-electron chi connectivity index (χ1n) is 10.1. The van der Waals surface area contributed by atoms with Crippen molar-refractivity contribution < 1.29 is 18.6 Å². The number of aliphatic hydroxyl groups excluding tert-OH is 1. The summed E-state index contributed by atoms with van der Waals surface area (Å²) in [6.45, 7) is 0.0794. The molecule has 0 radical (unpaired) electrons. The number of hydrogen-bond donors (Lipinski definition) is 2. The van der Waals surface area contributed by atoms with E-state index in [0.29, 0.717) is 29.8 Å². The minimum absolute atomic E-state index is 0.0269. The van der Waals surface area contributed by atoms with Crippen molar-refractivity contribution in [2.24, 2.45) is 0 Å². The number of benzene rings is 1. The maximum absolute atomic E-state index is 14.0.